The average molecular weight is 272 g/mol. The number of halogens is 1. The maximum Gasteiger partial charge on any atom is 0.350 e. The third-order valence-electron chi connectivity index (χ3n) is 2.86. The molecule has 0 unspecified atom stereocenters. The Bertz CT molecular complexity index is 853. The van der Waals surface area contributed by atoms with Crippen LogP contribution in [0.3, 0.4) is 0 Å². The molecule has 0 saturated carbocycles. The molecule has 7 heteroatoms. The van der Waals surface area contributed by atoms with Crippen LogP contribution in [0.25, 0.3) is 5.65 Å². The van der Waals surface area contributed by atoms with Crippen LogP contribution in [0.2, 0.25) is 0 Å². The molecule has 0 radical (unpaired) electrons. The van der Waals surface area contributed by atoms with E-state index in [9.17, 15) is 14.0 Å². The average Bonchev–Trinajstić information content (AvgIpc) is 2.76. The number of aromatic nitrogens is 4. The minimum Gasteiger partial charge on any atom is -0.292 e. The number of carbonyl (C=O) groups excluding carboxylic acids is 1. The number of nitrogens with zero attached hydrogens (tertiary/aromatic N) is 4. The predicted molar refractivity (Wildman–Crippen MR) is 68.0 cm³/mol. The van der Waals surface area contributed by atoms with Crippen LogP contribution in [0.5, 0.6) is 0 Å². The molecule has 3 aromatic rings. The lowest BCUT2D eigenvalue weighted by Gasteiger charge is -2.01. The summed E-state index contributed by atoms with van der Waals surface area (Å²) in [6, 6.07) is 5.63. The Hall–Kier alpha value is -2.83. The van der Waals surface area contributed by atoms with E-state index in [0.29, 0.717) is 5.65 Å². The van der Waals surface area contributed by atoms with E-state index in [2.05, 4.69) is 10.1 Å². The van der Waals surface area contributed by atoms with Crippen molar-refractivity contribution < 1.29 is 9.18 Å². The lowest BCUT2D eigenvalue weighted by molar-refractivity contribution is 0.0962. The normalized spacial score (nSPS) is 10.8. The van der Waals surface area contributed by atoms with Crippen LogP contribution in [-0.4, -0.2) is 24.9 Å². The van der Waals surface area contributed by atoms with Crippen LogP contribution in [0.1, 0.15) is 10.4 Å². The zero-order chi connectivity index (χ0) is 14.1. The molecule has 6 nitrogen and oxygen atoms in total. The van der Waals surface area contributed by atoms with Gasteiger partial charge >= 0.3 is 5.69 Å². The van der Waals surface area contributed by atoms with Gasteiger partial charge in [-0.3, -0.25) is 9.78 Å². The summed E-state index contributed by atoms with van der Waals surface area (Å²) in [6.45, 7) is -0.318. The summed E-state index contributed by atoms with van der Waals surface area (Å²) in [5, 5.41) is 3.97. The van der Waals surface area contributed by atoms with Gasteiger partial charge in [-0.25, -0.2) is 18.3 Å². The number of benzene rings is 1. The Balaban J connectivity index is 1.98. The number of Topliss-reactive ketones (excluding diaryl/α,β-unsaturated/α-hetero) is 1. The van der Waals surface area contributed by atoms with Gasteiger partial charge in [0.2, 0.25) is 0 Å². The van der Waals surface area contributed by atoms with Gasteiger partial charge in [0.05, 0.1) is 11.8 Å². The maximum absolute atomic E-state index is 13.5. The highest BCUT2D eigenvalue weighted by Crippen LogP contribution is 2.08. The number of fused-ring (bicyclic) bond motifs is 1. The van der Waals surface area contributed by atoms with Crippen molar-refractivity contribution in [3.8, 4) is 0 Å². The quantitative estimate of drug-likeness (QED) is 0.665. The van der Waals surface area contributed by atoms with Crippen LogP contribution in [-0.2, 0) is 6.54 Å². The third kappa shape index (κ3) is 1.99. The zero-order valence-electron chi connectivity index (χ0n) is 10.2. The van der Waals surface area contributed by atoms with Crippen molar-refractivity contribution in [3.63, 3.8) is 0 Å². The Kier molecular flexibility index (Phi) is 2.86. The van der Waals surface area contributed by atoms with Crippen molar-refractivity contribution in [3.05, 3.63) is 64.7 Å². The van der Waals surface area contributed by atoms with Crippen molar-refractivity contribution in [2.45, 2.75) is 6.54 Å². The first kappa shape index (κ1) is 12.2. The molecule has 0 aliphatic heterocycles. The van der Waals surface area contributed by atoms with Crippen molar-refractivity contribution in [1.29, 1.82) is 0 Å². The van der Waals surface area contributed by atoms with Crippen LogP contribution in [0.4, 0.5) is 4.39 Å². The highest BCUT2D eigenvalue weighted by Gasteiger charge is 2.15. The van der Waals surface area contributed by atoms with E-state index < -0.39 is 17.3 Å². The molecule has 0 spiro atoms. The molecule has 0 aliphatic rings. The van der Waals surface area contributed by atoms with E-state index in [0.717, 1.165) is 4.68 Å². The monoisotopic (exact) mass is 272 g/mol. The van der Waals surface area contributed by atoms with Crippen molar-refractivity contribution in [2.24, 2.45) is 0 Å². The number of rotatable bonds is 3. The second-order valence-electron chi connectivity index (χ2n) is 4.15. The molecule has 20 heavy (non-hydrogen) atoms. The topological polar surface area (TPSA) is 69.3 Å². The van der Waals surface area contributed by atoms with E-state index in [-0.39, 0.29) is 12.1 Å². The van der Waals surface area contributed by atoms with Gasteiger partial charge in [0.1, 0.15) is 12.4 Å². The SMILES string of the molecule is O=C(Cn1nc2cnccn2c1=O)c1ccccc1F. The molecule has 0 saturated heterocycles. The Morgan fingerprint density at radius 2 is 2.10 bits per heavy atom. The minimum absolute atomic E-state index is 0.0606. The first-order valence-corrected chi connectivity index (χ1v) is 5.84. The molecular formula is C13H9FN4O2. The van der Waals surface area contributed by atoms with Gasteiger partial charge in [-0.1, -0.05) is 12.1 Å². The molecule has 0 fully saturated rings. The largest absolute Gasteiger partial charge is 0.350 e. The zero-order valence-corrected chi connectivity index (χ0v) is 10.2. The summed E-state index contributed by atoms with van der Waals surface area (Å²) < 4.78 is 15.8. The first-order valence-electron chi connectivity index (χ1n) is 5.84. The fourth-order valence-corrected chi connectivity index (χ4v) is 1.89. The fraction of sp³-hybridized carbons (Fsp3) is 0.0769. The lowest BCUT2D eigenvalue weighted by Crippen LogP contribution is -2.25. The molecule has 0 atom stereocenters. The summed E-state index contributed by atoms with van der Waals surface area (Å²) in [5.41, 5.74) is -0.194. The number of hydrogen-bond donors (Lipinski definition) is 0. The van der Waals surface area contributed by atoms with E-state index in [1.54, 1.807) is 6.07 Å². The fourth-order valence-electron chi connectivity index (χ4n) is 1.89. The van der Waals surface area contributed by atoms with E-state index in [1.807, 2.05) is 0 Å². The van der Waals surface area contributed by atoms with Gasteiger partial charge in [0.15, 0.2) is 11.4 Å². The molecule has 1 aromatic carbocycles. The van der Waals surface area contributed by atoms with Gasteiger partial charge < -0.3 is 0 Å². The third-order valence-corrected chi connectivity index (χ3v) is 2.86. The molecule has 100 valence electrons. The first-order chi connectivity index (χ1) is 9.66. The van der Waals surface area contributed by atoms with Crippen LogP contribution >= 0.6 is 0 Å². The van der Waals surface area contributed by atoms with Crippen LogP contribution < -0.4 is 5.69 Å². The predicted octanol–water partition coefficient (Wildman–Crippen LogP) is 0.913. The second kappa shape index (κ2) is 4.69. The van der Waals surface area contributed by atoms with Crippen molar-refractivity contribution >= 4 is 11.4 Å². The van der Waals surface area contributed by atoms with Gasteiger partial charge in [0, 0.05) is 12.4 Å². The van der Waals surface area contributed by atoms with Gasteiger partial charge in [0.25, 0.3) is 0 Å². The number of ketones is 1. The Morgan fingerprint density at radius 1 is 1.30 bits per heavy atom. The summed E-state index contributed by atoms with van der Waals surface area (Å²) in [7, 11) is 0. The summed E-state index contributed by atoms with van der Waals surface area (Å²) >= 11 is 0. The highest BCUT2D eigenvalue weighted by molar-refractivity contribution is 5.96. The molecule has 2 aromatic heterocycles. The maximum atomic E-state index is 13.5. The number of hydrogen-bond acceptors (Lipinski definition) is 4. The van der Waals surface area contributed by atoms with E-state index in [1.165, 1.54) is 41.2 Å². The molecular weight excluding hydrogens is 263 g/mol. The van der Waals surface area contributed by atoms with Crippen molar-refractivity contribution in [2.75, 3.05) is 0 Å². The molecule has 2 heterocycles. The number of carbonyl (C=O) groups is 1. The van der Waals surface area contributed by atoms with Gasteiger partial charge in [-0.15, -0.1) is 5.10 Å². The summed E-state index contributed by atoms with van der Waals surface area (Å²) in [6.07, 6.45) is 4.30. The molecule has 3 rings (SSSR count). The van der Waals surface area contributed by atoms with Crippen molar-refractivity contribution in [1.82, 2.24) is 19.2 Å². The summed E-state index contributed by atoms with van der Waals surface area (Å²) in [4.78, 5) is 27.8. The molecule has 0 bridgehead atoms. The standard InChI is InChI=1S/C13H9FN4O2/c14-10-4-2-1-3-9(10)11(19)8-18-13(20)17-6-5-15-7-12(17)16-18/h1-7H,8H2. The highest BCUT2D eigenvalue weighted by atomic mass is 19.1. The summed E-state index contributed by atoms with van der Waals surface area (Å²) in [5.74, 6) is -1.13. The Labute approximate surface area is 112 Å². The van der Waals surface area contributed by atoms with Crippen LogP contribution in [0, 0.1) is 5.82 Å². The van der Waals surface area contributed by atoms with E-state index in [4.69, 9.17) is 0 Å². The molecule has 0 aliphatic carbocycles. The Morgan fingerprint density at radius 3 is 2.85 bits per heavy atom. The van der Waals surface area contributed by atoms with Gasteiger partial charge in [-0.2, -0.15) is 0 Å². The van der Waals surface area contributed by atoms with Crippen LogP contribution in [0.15, 0.2) is 47.7 Å². The molecule has 0 N–H and O–H groups in total. The molecule has 0 amide bonds. The van der Waals surface area contributed by atoms with E-state index >= 15 is 0 Å². The second-order valence-corrected chi connectivity index (χ2v) is 4.15. The van der Waals surface area contributed by atoms with Gasteiger partial charge in [-0.05, 0) is 12.1 Å². The smallest absolute Gasteiger partial charge is 0.292 e. The lowest BCUT2D eigenvalue weighted by atomic mass is 10.1. The minimum atomic E-state index is -0.615.